The average Bonchev–Trinajstić information content (AvgIpc) is 2.12. The van der Waals surface area contributed by atoms with Crippen molar-refractivity contribution in [3.05, 3.63) is 0 Å². The van der Waals surface area contributed by atoms with E-state index in [1.54, 1.807) is 0 Å². The number of fused-ring (bicyclic) bond motifs is 3. The van der Waals surface area contributed by atoms with Gasteiger partial charge < -0.3 is 0 Å². The number of nitrogens with zero attached hydrogens (tertiary/aromatic N) is 1. The van der Waals surface area contributed by atoms with Crippen LogP contribution >= 0.6 is 0 Å². The SMILES string of the molecule is CCC1CN2CCC1C(=O)C2C. The van der Waals surface area contributed by atoms with Crippen LogP contribution in [0.3, 0.4) is 0 Å². The fourth-order valence-electron chi connectivity index (χ4n) is 2.69. The number of carbonyl (C=O) groups excluding carboxylic acids is 1. The predicted molar refractivity (Wildman–Crippen MR) is 47.9 cm³/mol. The van der Waals surface area contributed by atoms with Crippen LogP contribution in [-0.2, 0) is 4.79 Å². The number of piperidine rings is 3. The number of ketones is 1. The molecule has 0 amide bonds. The third-order valence-electron chi connectivity index (χ3n) is 3.61. The lowest BCUT2D eigenvalue weighted by Crippen LogP contribution is -2.58. The summed E-state index contributed by atoms with van der Waals surface area (Å²) in [6.45, 7) is 6.56. The van der Waals surface area contributed by atoms with E-state index in [0.29, 0.717) is 17.6 Å². The molecule has 3 rings (SSSR count). The molecule has 0 N–H and O–H groups in total. The Morgan fingerprint density at radius 1 is 1.58 bits per heavy atom. The van der Waals surface area contributed by atoms with Crippen molar-refractivity contribution < 1.29 is 4.79 Å². The third kappa shape index (κ3) is 1.01. The lowest BCUT2D eigenvalue weighted by Gasteiger charge is -2.47. The van der Waals surface area contributed by atoms with E-state index in [1.165, 1.54) is 6.42 Å². The maximum Gasteiger partial charge on any atom is 0.153 e. The Morgan fingerprint density at radius 2 is 2.33 bits per heavy atom. The molecule has 4 unspecified atom stereocenters. The van der Waals surface area contributed by atoms with E-state index < -0.39 is 0 Å². The van der Waals surface area contributed by atoms with Crippen molar-refractivity contribution in [2.45, 2.75) is 32.7 Å². The number of Topliss-reactive ketones (excluding diaryl/α,β-unsaturated/α-hetero) is 1. The van der Waals surface area contributed by atoms with Gasteiger partial charge in [-0.1, -0.05) is 13.3 Å². The molecule has 0 spiro atoms. The first-order chi connectivity index (χ1) is 5.74. The number of rotatable bonds is 1. The standard InChI is InChI=1S/C10H17NO/c1-3-8-6-11-5-4-9(8)10(12)7(11)2/h7-9H,3-6H2,1-2H3. The van der Waals surface area contributed by atoms with E-state index >= 15 is 0 Å². The minimum atomic E-state index is 0.214. The van der Waals surface area contributed by atoms with Gasteiger partial charge in [-0.3, -0.25) is 9.69 Å². The second-order valence-corrected chi connectivity index (χ2v) is 4.14. The molecule has 0 aromatic heterocycles. The van der Waals surface area contributed by atoms with Crippen molar-refractivity contribution in [2.24, 2.45) is 11.8 Å². The first-order valence-corrected chi connectivity index (χ1v) is 5.01. The number of hydrogen-bond acceptors (Lipinski definition) is 2. The summed E-state index contributed by atoms with van der Waals surface area (Å²) in [4.78, 5) is 14.1. The van der Waals surface area contributed by atoms with E-state index in [2.05, 4.69) is 18.7 Å². The molecule has 2 bridgehead atoms. The second kappa shape index (κ2) is 2.84. The molecule has 12 heavy (non-hydrogen) atoms. The van der Waals surface area contributed by atoms with Gasteiger partial charge in [-0.2, -0.15) is 0 Å². The van der Waals surface area contributed by atoms with Crippen molar-refractivity contribution in [3.63, 3.8) is 0 Å². The largest absolute Gasteiger partial charge is 0.298 e. The van der Waals surface area contributed by atoms with Gasteiger partial charge in [-0.15, -0.1) is 0 Å². The highest BCUT2D eigenvalue weighted by Crippen LogP contribution is 2.34. The Bertz CT molecular complexity index is 202. The second-order valence-electron chi connectivity index (χ2n) is 4.14. The Labute approximate surface area is 73.9 Å². The van der Waals surface area contributed by atoms with E-state index in [0.717, 1.165) is 19.5 Å². The summed E-state index contributed by atoms with van der Waals surface area (Å²) in [5.41, 5.74) is 0. The Hall–Kier alpha value is -0.370. The van der Waals surface area contributed by atoms with E-state index in [4.69, 9.17) is 0 Å². The monoisotopic (exact) mass is 167 g/mol. The van der Waals surface area contributed by atoms with Crippen LogP contribution in [0.25, 0.3) is 0 Å². The van der Waals surface area contributed by atoms with Crippen molar-refractivity contribution in [1.82, 2.24) is 4.90 Å². The van der Waals surface area contributed by atoms with Gasteiger partial charge in [0.05, 0.1) is 6.04 Å². The molecule has 3 saturated heterocycles. The molecule has 4 atom stereocenters. The smallest absolute Gasteiger partial charge is 0.153 e. The molecule has 0 aromatic carbocycles. The van der Waals surface area contributed by atoms with E-state index in [9.17, 15) is 4.79 Å². The molecule has 0 aliphatic carbocycles. The van der Waals surface area contributed by atoms with Gasteiger partial charge in [0.2, 0.25) is 0 Å². The highest BCUT2D eigenvalue weighted by molar-refractivity contribution is 5.87. The molecular formula is C10H17NO. The Morgan fingerprint density at radius 3 is 2.92 bits per heavy atom. The summed E-state index contributed by atoms with van der Waals surface area (Å²) >= 11 is 0. The van der Waals surface area contributed by atoms with Crippen LogP contribution in [0.2, 0.25) is 0 Å². The van der Waals surface area contributed by atoms with Crippen molar-refractivity contribution in [2.75, 3.05) is 13.1 Å². The zero-order valence-electron chi connectivity index (χ0n) is 7.92. The predicted octanol–water partition coefficient (Wildman–Crippen LogP) is 1.31. The molecule has 2 nitrogen and oxygen atoms in total. The van der Waals surface area contributed by atoms with E-state index in [-0.39, 0.29) is 6.04 Å². The van der Waals surface area contributed by atoms with E-state index in [1.807, 2.05) is 0 Å². The molecule has 2 heteroatoms. The number of hydrogen-bond donors (Lipinski definition) is 0. The van der Waals surface area contributed by atoms with Crippen LogP contribution in [-0.4, -0.2) is 29.8 Å². The van der Waals surface area contributed by atoms with Gasteiger partial charge in [-0.25, -0.2) is 0 Å². The van der Waals surface area contributed by atoms with Crippen LogP contribution in [0, 0.1) is 11.8 Å². The molecule has 0 saturated carbocycles. The summed E-state index contributed by atoms with van der Waals surface area (Å²) in [6, 6.07) is 0.214. The highest BCUT2D eigenvalue weighted by atomic mass is 16.1. The zero-order chi connectivity index (χ0) is 8.72. The van der Waals surface area contributed by atoms with Crippen LogP contribution in [0.1, 0.15) is 26.7 Å². The minimum absolute atomic E-state index is 0.214. The lowest BCUT2D eigenvalue weighted by molar-refractivity contribution is -0.140. The fourth-order valence-corrected chi connectivity index (χ4v) is 2.69. The minimum Gasteiger partial charge on any atom is -0.298 e. The highest BCUT2D eigenvalue weighted by Gasteiger charge is 2.43. The molecule has 3 heterocycles. The fraction of sp³-hybridized carbons (Fsp3) is 0.900. The molecule has 0 aromatic rings. The van der Waals surface area contributed by atoms with Gasteiger partial charge in [0.15, 0.2) is 5.78 Å². The molecule has 0 radical (unpaired) electrons. The first-order valence-electron chi connectivity index (χ1n) is 5.01. The normalized spacial score (nSPS) is 46.7. The molecular weight excluding hydrogens is 150 g/mol. The summed E-state index contributed by atoms with van der Waals surface area (Å²) < 4.78 is 0. The summed E-state index contributed by atoms with van der Waals surface area (Å²) in [6.07, 6.45) is 2.28. The third-order valence-corrected chi connectivity index (χ3v) is 3.61. The Kier molecular flexibility index (Phi) is 1.95. The summed E-state index contributed by atoms with van der Waals surface area (Å²) in [5.74, 6) is 1.55. The van der Waals surface area contributed by atoms with Gasteiger partial charge in [0.1, 0.15) is 0 Å². The van der Waals surface area contributed by atoms with Crippen molar-refractivity contribution in [1.29, 1.82) is 0 Å². The van der Waals surface area contributed by atoms with Crippen LogP contribution < -0.4 is 0 Å². The van der Waals surface area contributed by atoms with Crippen LogP contribution in [0.15, 0.2) is 0 Å². The molecule has 3 fully saturated rings. The molecule has 68 valence electrons. The van der Waals surface area contributed by atoms with Gasteiger partial charge in [0, 0.05) is 12.5 Å². The average molecular weight is 167 g/mol. The summed E-state index contributed by atoms with van der Waals surface area (Å²) in [7, 11) is 0. The lowest BCUT2D eigenvalue weighted by atomic mass is 9.74. The van der Waals surface area contributed by atoms with Crippen LogP contribution in [0.5, 0.6) is 0 Å². The van der Waals surface area contributed by atoms with Crippen LogP contribution in [0.4, 0.5) is 0 Å². The van der Waals surface area contributed by atoms with Crippen molar-refractivity contribution in [3.8, 4) is 0 Å². The number of carbonyl (C=O) groups is 1. The van der Waals surface area contributed by atoms with Gasteiger partial charge in [-0.05, 0) is 25.8 Å². The topological polar surface area (TPSA) is 20.3 Å². The Balaban J connectivity index is 2.18. The molecule has 3 aliphatic rings. The zero-order valence-corrected chi connectivity index (χ0v) is 7.92. The first kappa shape index (κ1) is 8.24. The van der Waals surface area contributed by atoms with Gasteiger partial charge >= 0.3 is 0 Å². The maximum atomic E-state index is 11.7. The maximum absolute atomic E-state index is 11.7. The quantitative estimate of drug-likeness (QED) is 0.587. The van der Waals surface area contributed by atoms with Crippen molar-refractivity contribution >= 4 is 5.78 Å². The summed E-state index contributed by atoms with van der Waals surface area (Å²) in [5, 5.41) is 0. The molecule has 3 aliphatic heterocycles. The van der Waals surface area contributed by atoms with Gasteiger partial charge in [0.25, 0.3) is 0 Å².